The molecule has 0 atom stereocenters. The number of hydrogen-bond acceptors (Lipinski definition) is 3. The molecule has 0 bridgehead atoms. The van der Waals surface area contributed by atoms with Crippen molar-refractivity contribution in [3.8, 4) is 5.75 Å². The van der Waals surface area contributed by atoms with E-state index in [-0.39, 0.29) is 5.75 Å². The normalized spacial score (nSPS) is 12.5. The number of benzene rings is 1. The summed E-state index contributed by atoms with van der Waals surface area (Å²) in [5, 5.41) is 0. The highest BCUT2D eigenvalue weighted by molar-refractivity contribution is 6.79. The fraction of sp³-hybridized carbons (Fsp3) is 0.625. The van der Waals surface area contributed by atoms with Crippen LogP contribution in [0.25, 0.3) is 0 Å². The van der Waals surface area contributed by atoms with E-state index >= 15 is 0 Å². The highest BCUT2D eigenvalue weighted by atomic mass is 28.5. The topological polar surface area (TPSA) is 27.7 Å². The third-order valence-corrected chi connectivity index (χ3v) is 8.70. The molecule has 0 aliphatic heterocycles. The Morgan fingerprint density at radius 1 is 0.870 bits per heavy atom. The van der Waals surface area contributed by atoms with Crippen molar-refractivity contribution in [2.24, 2.45) is 0 Å². The van der Waals surface area contributed by atoms with Crippen LogP contribution in [-0.2, 0) is 8.54 Å². The van der Waals surface area contributed by atoms with Gasteiger partial charge in [-0.3, -0.25) is 0 Å². The summed E-state index contributed by atoms with van der Waals surface area (Å²) >= 11 is 0. The van der Waals surface area contributed by atoms with Crippen LogP contribution in [0, 0.1) is 11.6 Å². The van der Waals surface area contributed by atoms with Crippen LogP contribution in [0.5, 0.6) is 5.75 Å². The minimum Gasteiger partial charge on any atom is -0.521 e. The largest absolute Gasteiger partial charge is 0.521 e. The van der Waals surface area contributed by atoms with Crippen molar-refractivity contribution in [2.75, 3.05) is 6.61 Å². The van der Waals surface area contributed by atoms with Gasteiger partial charge in [0.05, 0.1) is 0 Å². The molecule has 0 amide bonds. The molecule has 0 fully saturated rings. The standard InChI is InChI=1S/C16H28F2O3Si2/c1-6-7-8-9-10-19-22(2,3)21-23(4,5)20-16-12-14(17)11-15(18)13-16/h11-13H,6-10H2,1-5H3. The smallest absolute Gasteiger partial charge is 0.383 e. The first-order valence-electron chi connectivity index (χ1n) is 8.13. The van der Waals surface area contributed by atoms with Crippen molar-refractivity contribution in [1.29, 1.82) is 0 Å². The van der Waals surface area contributed by atoms with Crippen molar-refractivity contribution in [1.82, 2.24) is 0 Å². The molecule has 0 saturated carbocycles. The highest BCUT2D eigenvalue weighted by Crippen LogP contribution is 2.23. The summed E-state index contributed by atoms with van der Waals surface area (Å²) in [6.07, 6.45) is 4.57. The summed E-state index contributed by atoms with van der Waals surface area (Å²) in [5.74, 6) is -1.16. The monoisotopic (exact) mass is 362 g/mol. The van der Waals surface area contributed by atoms with Crippen LogP contribution < -0.4 is 4.43 Å². The molecule has 0 heterocycles. The van der Waals surface area contributed by atoms with Crippen LogP contribution in [-0.4, -0.2) is 23.7 Å². The van der Waals surface area contributed by atoms with Gasteiger partial charge in [0.15, 0.2) is 0 Å². The first-order valence-corrected chi connectivity index (χ1v) is 13.8. The zero-order valence-electron chi connectivity index (χ0n) is 14.7. The van der Waals surface area contributed by atoms with Gasteiger partial charge in [-0.1, -0.05) is 26.2 Å². The van der Waals surface area contributed by atoms with Crippen molar-refractivity contribution in [2.45, 2.75) is 58.8 Å². The maximum absolute atomic E-state index is 13.2. The SMILES string of the molecule is CCCCCCO[Si](C)(C)O[Si](C)(C)Oc1cc(F)cc(F)c1. The average molecular weight is 363 g/mol. The molecular formula is C16H28F2O3Si2. The Bertz CT molecular complexity index is 476. The highest BCUT2D eigenvalue weighted by Gasteiger charge is 2.37. The van der Waals surface area contributed by atoms with E-state index in [1.807, 2.05) is 26.2 Å². The van der Waals surface area contributed by atoms with Gasteiger partial charge >= 0.3 is 17.1 Å². The van der Waals surface area contributed by atoms with Gasteiger partial charge in [0.1, 0.15) is 17.4 Å². The van der Waals surface area contributed by atoms with Gasteiger partial charge in [-0.2, -0.15) is 0 Å². The first kappa shape index (κ1) is 20.3. The van der Waals surface area contributed by atoms with Crippen molar-refractivity contribution < 1.29 is 21.7 Å². The van der Waals surface area contributed by atoms with Crippen LogP contribution in [0.2, 0.25) is 26.2 Å². The molecule has 0 aromatic heterocycles. The lowest BCUT2D eigenvalue weighted by atomic mass is 10.2. The molecule has 132 valence electrons. The molecule has 0 radical (unpaired) electrons. The van der Waals surface area contributed by atoms with Crippen molar-refractivity contribution in [3.63, 3.8) is 0 Å². The summed E-state index contributed by atoms with van der Waals surface area (Å²) in [5.41, 5.74) is 0. The summed E-state index contributed by atoms with van der Waals surface area (Å²) < 4.78 is 44.3. The zero-order chi connectivity index (χ0) is 17.5. The Morgan fingerprint density at radius 3 is 2.04 bits per heavy atom. The second-order valence-electron chi connectivity index (χ2n) is 6.52. The maximum Gasteiger partial charge on any atom is 0.383 e. The van der Waals surface area contributed by atoms with E-state index in [1.54, 1.807) is 0 Å². The third kappa shape index (κ3) is 8.59. The zero-order valence-corrected chi connectivity index (χ0v) is 16.7. The molecule has 1 aromatic carbocycles. The molecule has 0 aliphatic carbocycles. The quantitative estimate of drug-likeness (QED) is 0.414. The predicted molar refractivity (Wildman–Crippen MR) is 93.1 cm³/mol. The van der Waals surface area contributed by atoms with Gasteiger partial charge in [0, 0.05) is 24.8 Å². The summed E-state index contributed by atoms with van der Waals surface area (Å²) in [6, 6.07) is 3.16. The number of unbranched alkanes of at least 4 members (excludes halogenated alkanes) is 3. The van der Waals surface area contributed by atoms with E-state index in [2.05, 4.69) is 6.92 Å². The molecule has 1 aromatic rings. The summed E-state index contributed by atoms with van der Waals surface area (Å²) in [6.45, 7) is 10.5. The Kier molecular flexibility index (Phi) is 7.86. The van der Waals surface area contributed by atoms with Crippen LogP contribution in [0.3, 0.4) is 0 Å². The number of rotatable bonds is 10. The Hall–Kier alpha value is -0.766. The molecule has 0 spiro atoms. The number of halogens is 2. The second kappa shape index (κ2) is 8.91. The molecular weight excluding hydrogens is 334 g/mol. The molecule has 0 N–H and O–H groups in total. The van der Waals surface area contributed by atoms with Crippen LogP contribution in [0.15, 0.2) is 18.2 Å². The fourth-order valence-electron chi connectivity index (χ4n) is 2.36. The molecule has 3 nitrogen and oxygen atoms in total. The Balaban J connectivity index is 2.54. The van der Waals surface area contributed by atoms with Crippen LogP contribution in [0.1, 0.15) is 32.6 Å². The molecule has 23 heavy (non-hydrogen) atoms. The Morgan fingerprint density at radius 2 is 1.48 bits per heavy atom. The van der Waals surface area contributed by atoms with Gasteiger partial charge in [0.2, 0.25) is 0 Å². The van der Waals surface area contributed by atoms with Gasteiger partial charge in [0.25, 0.3) is 0 Å². The average Bonchev–Trinajstić information content (AvgIpc) is 2.34. The summed E-state index contributed by atoms with van der Waals surface area (Å²) in [7, 11) is -4.93. The van der Waals surface area contributed by atoms with E-state index in [0.717, 1.165) is 18.9 Å². The molecule has 1 rings (SSSR count). The second-order valence-corrected chi connectivity index (χ2v) is 13.4. The number of hydrogen-bond donors (Lipinski definition) is 0. The first-order chi connectivity index (χ1) is 10.6. The molecule has 7 heteroatoms. The van der Waals surface area contributed by atoms with E-state index in [1.165, 1.54) is 25.0 Å². The molecule has 0 unspecified atom stereocenters. The molecule has 0 saturated heterocycles. The lowest BCUT2D eigenvalue weighted by molar-refractivity contribution is 0.225. The van der Waals surface area contributed by atoms with Crippen molar-refractivity contribution >= 4 is 17.1 Å². The summed E-state index contributed by atoms with van der Waals surface area (Å²) in [4.78, 5) is 0. The molecule has 0 aliphatic rings. The minimum atomic E-state index is -2.60. The van der Waals surface area contributed by atoms with Gasteiger partial charge in [-0.15, -0.1) is 0 Å². The van der Waals surface area contributed by atoms with Gasteiger partial charge in [-0.05, 0) is 32.6 Å². The van der Waals surface area contributed by atoms with E-state index in [0.29, 0.717) is 6.61 Å². The fourth-order valence-corrected chi connectivity index (χ4v) is 8.82. The van der Waals surface area contributed by atoms with E-state index in [4.69, 9.17) is 13.0 Å². The van der Waals surface area contributed by atoms with Crippen molar-refractivity contribution in [3.05, 3.63) is 29.8 Å². The van der Waals surface area contributed by atoms with Crippen LogP contribution in [0.4, 0.5) is 8.78 Å². The van der Waals surface area contributed by atoms with Gasteiger partial charge < -0.3 is 13.0 Å². The van der Waals surface area contributed by atoms with Crippen LogP contribution >= 0.6 is 0 Å². The van der Waals surface area contributed by atoms with E-state index in [9.17, 15) is 8.78 Å². The predicted octanol–water partition coefficient (Wildman–Crippen LogP) is 5.36. The lowest BCUT2D eigenvalue weighted by Crippen LogP contribution is -2.50. The Labute approximate surface area is 140 Å². The third-order valence-electron chi connectivity index (χ3n) is 3.14. The van der Waals surface area contributed by atoms with E-state index < -0.39 is 28.8 Å². The van der Waals surface area contributed by atoms with Gasteiger partial charge in [-0.25, -0.2) is 8.78 Å². The lowest BCUT2D eigenvalue weighted by Gasteiger charge is -2.32. The minimum absolute atomic E-state index is 0.159. The maximum atomic E-state index is 13.2.